The number of aryl methyl sites for hydroxylation is 3. The Morgan fingerprint density at radius 1 is 0.675 bits per heavy atom. The second-order valence-corrected chi connectivity index (χ2v) is 11.3. The van der Waals surface area contributed by atoms with Gasteiger partial charge < -0.3 is 9.47 Å². The Labute approximate surface area is 238 Å². The molecule has 0 N–H and O–H groups in total. The Balaban J connectivity index is 1.30. The van der Waals surface area contributed by atoms with Crippen LogP contribution in [0.5, 0.6) is 5.75 Å². The van der Waals surface area contributed by atoms with E-state index in [4.69, 9.17) is 9.47 Å². The molecule has 0 amide bonds. The lowest BCUT2D eigenvalue weighted by molar-refractivity contribution is 0.195. The van der Waals surface area contributed by atoms with Crippen LogP contribution in [0.4, 0.5) is 0 Å². The summed E-state index contributed by atoms with van der Waals surface area (Å²) < 4.78 is 13.2. The van der Waals surface area contributed by atoms with Crippen molar-refractivity contribution in [2.45, 2.75) is 90.3 Å². The molecule has 1 aromatic carbocycles. The zero-order valence-electron chi connectivity index (χ0n) is 23.5. The zero-order chi connectivity index (χ0) is 27.0. The van der Waals surface area contributed by atoms with Crippen LogP contribution in [0.25, 0.3) is 0 Å². The number of nitrogens with zero attached hydrogens (tertiary/aromatic N) is 2. The van der Waals surface area contributed by atoms with Gasteiger partial charge in [0, 0.05) is 12.4 Å². The van der Waals surface area contributed by atoms with E-state index in [0.717, 1.165) is 93.5 Å². The van der Waals surface area contributed by atoms with Gasteiger partial charge in [0.25, 0.3) is 0 Å². The van der Waals surface area contributed by atoms with Crippen molar-refractivity contribution < 1.29 is 9.47 Å². The van der Waals surface area contributed by atoms with Crippen LogP contribution in [0.2, 0.25) is 0 Å². The zero-order valence-corrected chi connectivity index (χ0v) is 23.5. The Hall–Kier alpha value is -3.66. The topological polar surface area (TPSA) is 44.2 Å². The highest BCUT2D eigenvalue weighted by molar-refractivity contribution is 5.47. The Bertz CT molecular complexity index is 1390. The minimum absolute atomic E-state index is 0.518. The summed E-state index contributed by atoms with van der Waals surface area (Å²) in [6.45, 7) is 1.05. The molecule has 0 saturated carbocycles. The van der Waals surface area contributed by atoms with Crippen LogP contribution in [0.1, 0.15) is 85.9 Å². The summed E-state index contributed by atoms with van der Waals surface area (Å²) in [6.07, 6.45) is 21.7. The minimum atomic E-state index is 0.518. The maximum atomic E-state index is 6.59. The fourth-order valence-corrected chi connectivity index (χ4v) is 6.27. The van der Waals surface area contributed by atoms with E-state index in [9.17, 15) is 0 Å². The normalized spacial score (nSPS) is 17.7. The van der Waals surface area contributed by atoms with Crippen LogP contribution in [0, 0.1) is 0 Å². The first-order valence-electron chi connectivity index (χ1n) is 15.1. The van der Waals surface area contributed by atoms with Gasteiger partial charge in [0.1, 0.15) is 24.7 Å². The average Bonchev–Trinajstić information content (AvgIpc) is 2.99. The lowest BCUT2D eigenvalue weighted by Gasteiger charge is -2.25. The van der Waals surface area contributed by atoms with Crippen molar-refractivity contribution in [2.24, 2.45) is 0 Å². The van der Waals surface area contributed by atoms with Crippen molar-refractivity contribution >= 4 is 0 Å². The van der Waals surface area contributed by atoms with E-state index >= 15 is 0 Å². The molecule has 3 aromatic rings. The van der Waals surface area contributed by atoms with Gasteiger partial charge in [-0.2, -0.15) is 0 Å². The number of benzene rings is 1. The highest BCUT2D eigenvalue weighted by Gasteiger charge is 2.22. The molecule has 206 valence electrons. The summed E-state index contributed by atoms with van der Waals surface area (Å²) in [7, 11) is 0. The van der Waals surface area contributed by atoms with Crippen LogP contribution in [-0.4, -0.2) is 9.97 Å². The van der Waals surface area contributed by atoms with E-state index in [0.29, 0.717) is 13.2 Å². The summed E-state index contributed by atoms with van der Waals surface area (Å²) in [5.41, 5.74) is 10.5. The third kappa shape index (κ3) is 6.72. The van der Waals surface area contributed by atoms with Gasteiger partial charge in [0.15, 0.2) is 0 Å². The van der Waals surface area contributed by atoms with E-state index in [1.807, 2.05) is 42.7 Å². The molecular weight excluding hydrogens is 492 g/mol. The SMILES string of the molecule is C1=C2C=C3CCCCc4cc(cc(c4OCc4ccccn4)CCCCC(=C3OCc3ccccn3)C2)CCC1. The maximum absolute atomic E-state index is 6.59. The number of fused-ring (bicyclic) bond motifs is 9. The van der Waals surface area contributed by atoms with Gasteiger partial charge in [-0.3, -0.25) is 9.97 Å². The molecule has 0 unspecified atom stereocenters. The molecule has 4 aliphatic rings. The van der Waals surface area contributed by atoms with Crippen LogP contribution in [-0.2, 0) is 37.2 Å². The highest BCUT2D eigenvalue weighted by atomic mass is 16.5. The van der Waals surface area contributed by atoms with Gasteiger partial charge in [-0.05, 0) is 135 Å². The monoisotopic (exact) mass is 532 g/mol. The van der Waals surface area contributed by atoms with E-state index in [1.165, 1.54) is 39.8 Å². The average molecular weight is 533 g/mol. The second kappa shape index (κ2) is 13.1. The van der Waals surface area contributed by atoms with Crippen molar-refractivity contribution in [3.8, 4) is 5.75 Å². The molecule has 4 nitrogen and oxygen atoms in total. The minimum Gasteiger partial charge on any atom is -0.487 e. The second-order valence-electron chi connectivity index (χ2n) is 11.3. The first-order valence-corrected chi connectivity index (χ1v) is 15.1. The Kier molecular flexibility index (Phi) is 8.72. The Morgan fingerprint density at radius 2 is 1.35 bits per heavy atom. The summed E-state index contributed by atoms with van der Waals surface area (Å²) in [4.78, 5) is 9.01. The molecule has 4 aliphatic carbocycles. The molecular formula is C36H40N2O2. The van der Waals surface area contributed by atoms with Crippen LogP contribution < -0.4 is 4.74 Å². The molecule has 0 saturated heterocycles. The van der Waals surface area contributed by atoms with Crippen molar-refractivity contribution in [2.75, 3.05) is 0 Å². The molecule has 40 heavy (non-hydrogen) atoms. The standard InChI is InChI=1S/C36H40N2O2/c1-2-12-28-23-31-15-5-3-13-29-21-27(11-1)22-30(35(29)39-25-33-17-7-9-19-37-33)14-4-6-16-32(24-28)36(31)40-26-34-18-8-10-20-38-34/h7-11,17-21,23-24H,1-6,12-16,22,25-26H2. The molecule has 0 spiro atoms. The summed E-state index contributed by atoms with van der Waals surface area (Å²) in [5.74, 6) is 2.26. The lowest BCUT2D eigenvalue weighted by atomic mass is 9.85. The van der Waals surface area contributed by atoms with Crippen molar-refractivity contribution in [3.63, 3.8) is 0 Å². The molecule has 0 atom stereocenters. The molecule has 0 aliphatic heterocycles. The summed E-state index contributed by atoms with van der Waals surface area (Å²) in [5, 5.41) is 0. The number of ether oxygens (including phenoxy) is 2. The first kappa shape index (κ1) is 26.6. The van der Waals surface area contributed by atoms with Crippen molar-refractivity contribution in [3.05, 3.63) is 124 Å². The summed E-state index contributed by atoms with van der Waals surface area (Å²) in [6, 6.07) is 17.0. The van der Waals surface area contributed by atoms with Gasteiger partial charge in [-0.15, -0.1) is 0 Å². The molecule has 6 bridgehead atoms. The number of allylic oxidation sites excluding steroid dienone is 5. The molecule has 7 rings (SSSR count). The van der Waals surface area contributed by atoms with Crippen molar-refractivity contribution in [1.29, 1.82) is 0 Å². The van der Waals surface area contributed by atoms with Crippen LogP contribution in [0.15, 0.2) is 95.6 Å². The van der Waals surface area contributed by atoms with E-state index in [1.54, 1.807) is 0 Å². The molecule has 0 fully saturated rings. The number of pyridine rings is 2. The summed E-state index contributed by atoms with van der Waals surface area (Å²) >= 11 is 0. The van der Waals surface area contributed by atoms with Gasteiger partial charge in [-0.25, -0.2) is 0 Å². The van der Waals surface area contributed by atoms with Gasteiger partial charge in [0.05, 0.1) is 11.4 Å². The smallest absolute Gasteiger partial charge is 0.130 e. The van der Waals surface area contributed by atoms with Crippen LogP contribution in [0.3, 0.4) is 0 Å². The molecule has 0 radical (unpaired) electrons. The quantitative estimate of drug-likeness (QED) is 0.319. The third-order valence-electron chi connectivity index (χ3n) is 8.27. The fourth-order valence-electron chi connectivity index (χ4n) is 6.27. The van der Waals surface area contributed by atoms with Crippen molar-refractivity contribution in [1.82, 2.24) is 9.97 Å². The Morgan fingerprint density at radius 3 is 2.05 bits per heavy atom. The van der Waals surface area contributed by atoms with Gasteiger partial charge in [0.2, 0.25) is 0 Å². The molecule has 2 aromatic heterocycles. The first-order chi connectivity index (χ1) is 19.8. The van der Waals surface area contributed by atoms with Gasteiger partial charge >= 0.3 is 0 Å². The van der Waals surface area contributed by atoms with Gasteiger partial charge in [-0.1, -0.05) is 36.4 Å². The maximum Gasteiger partial charge on any atom is 0.130 e. The number of hydrogen-bond acceptors (Lipinski definition) is 4. The lowest BCUT2D eigenvalue weighted by Crippen LogP contribution is -2.10. The van der Waals surface area contributed by atoms with E-state index < -0.39 is 0 Å². The fraction of sp³-hybridized carbons (Fsp3) is 0.389. The van der Waals surface area contributed by atoms with Crippen LogP contribution >= 0.6 is 0 Å². The number of hydrogen-bond donors (Lipinski definition) is 0. The number of rotatable bonds is 6. The molecule has 2 heterocycles. The predicted octanol–water partition coefficient (Wildman–Crippen LogP) is 8.56. The number of aromatic nitrogens is 2. The predicted molar refractivity (Wildman–Crippen MR) is 160 cm³/mol. The highest BCUT2D eigenvalue weighted by Crippen LogP contribution is 2.38. The van der Waals surface area contributed by atoms with E-state index in [-0.39, 0.29) is 0 Å². The molecule has 4 heteroatoms. The largest absolute Gasteiger partial charge is 0.487 e. The van der Waals surface area contributed by atoms with E-state index in [2.05, 4.69) is 40.3 Å². The third-order valence-corrected chi connectivity index (χ3v) is 8.27.